The van der Waals surface area contributed by atoms with Crippen LogP contribution in [-0.4, -0.2) is 30.9 Å². The monoisotopic (exact) mass is 573 g/mol. The van der Waals surface area contributed by atoms with Crippen molar-refractivity contribution in [2.24, 2.45) is 4.99 Å². The summed E-state index contributed by atoms with van der Waals surface area (Å²) in [5.41, 5.74) is 5.74. The SMILES string of the molecule is O=c1/c(=C/c2ccc(N3CCOCC3)o2)sc2n1[C@@H](c1ccc(Br)cc1)C1=C(N=2)c2ccccc2CC1. The second-order valence-electron chi connectivity index (χ2n) is 9.44. The lowest BCUT2D eigenvalue weighted by Crippen LogP contribution is -2.38. The topological polar surface area (TPSA) is 60.0 Å². The zero-order valence-electron chi connectivity index (χ0n) is 20.0. The molecule has 8 heteroatoms. The Hall–Kier alpha value is -3.20. The molecule has 37 heavy (non-hydrogen) atoms. The molecule has 1 fully saturated rings. The number of benzene rings is 2. The molecular formula is C29H24BrN3O3S. The Balaban J connectivity index is 1.38. The number of thiazole rings is 1. The fourth-order valence-electron chi connectivity index (χ4n) is 5.47. The maximum atomic E-state index is 13.9. The predicted octanol–water partition coefficient (Wildman–Crippen LogP) is 4.51. The first-order chi connectivity index (χ1) is 18.2. The molecule has 2 aromatic carbocycles. The highest BCUT2D eigenvalue weighted by Crippen LogP contribution is 2.41. The molecule has 2 aliphatic heterocycles. The van der Waals surface area contributed by atoms with Crippen molar-refractivity contribution in [3.8, 4) is 0 Å². The number of ether oxygens (including phenoxy) is 1. The Morgan fingerprint density at radius 3 is 2.65 bits per heavy atom. The van der Waals surface area contributed by atoms with Crippen LogP contribution >= 0.6 is 27.3 Å². The number of halogens is 1. The molecule has 0 N–H and O–H groups in total. The molecule has 4 aromatic rings. The molecule has 1 aliphatic carbocycles. The molecule has 6 nitrogen and oxygen atoms in total. The molecule has 1 saturated heterocycles. The van der Waals surface area contributed by atoms with Crippen LogP contribution in [-0.2, 0) is 11.2 Å². The third kappa shape index (κ3) is 4.04. The fraction of sp³-hybridized carbons (Fsp3) is 0.241. The van der Waals surface area contributed by atoms with Crippen molar-refractivity contribution in [3.05, 3.63) is 113 Å². The molecule has 0 bridgehead atoms. The van der Waals surface area contributed by atoms with E-state index < -0.39 is 0 Å². The maximum Gasteiger partial charge on any atom is 0.271 e. The van der Waals surface area contributed by atoms with Crippen molar-refractivity contribution in [1.82, 2.24) is 4.57 Å². The van der Waals surface area contributed by atoms with Crippen LogP contribution in [0.5, 0.6) is 0 Å². The third-order valence-electron chi connectivity index (χ3n) is 7.27. The number of aromatic nitrogens is 1. The van der Waals surface area contributed by atoms with Crippen molar-refractivity contribution in [2.45, 2.75) is 18.9 Å². The predicted molar refractivity (Wildman–Crippen MR) is 149 cm³/mol. The first kappa shape index (κ1) is 23.0. The summed E-state index contributed by atoms with van der Waals surface area (Å²) in [4.78, 5) is 21.9. The highest BCUT2D eigenvalue weighted by molar-refractivity contribution is 9.10. The van der Waals surface area contributed by atoms with E-state index >= 15 is 0 Å². The molecule has 0 radical (unpaired) electrons. The molecule has 0 amide bonds. The number of allylic oxidation sites excluding steroid dienone is 1. The number of nitrogens with zero attached hydrogens (tertiary/aromatic N) is 3. The number of aryl methyl sites for hydroxylation is 1. The summed E-state index contributed by atoms with van der Waals surface area (Å²) in [5.74, 6) is 1.48. The smallest absolute Gasteiger partial charge is 0.271 e. The lowest BCUT2D eigenvalue weighted by molar-refractivity contribution is 0.120. The quantitative estimate of drug-likeness (QED) is 0.362. The van der Waals surface area contributed by atoms with Gasteiger partial charge in [0.2, 0.25) is 0 Å². The highest BCUT2D eigenvalue weighted by Gasteiger charge is 2.32. The Bertz CT molecular complexity index is 1710. The van der Waals surface area contributed by atoms with Gasteiger partial charge in [-0.25, -0.2) is 4.99 Å². The second kappa shape index (κ2) is 9.28. The van der Waals surface area contributed by atoms with Crippen LogP contribution in [0, 0.1) is 0 Å². The van der Waals surface area contributed by atoms with Crippen LogP contribution in [0.25, 0.3) is 11.8 Å². The molecule has 1 atom stereocenters. The van der Waals surface area contributed by atoms with Gasteiger partial charge in [-0.1, -0.05) is 63.7 Å². The number of anilines is 1. The van der Waals surface area contributed by atoms with E-state index in [9.17, 15) is 4.79 Å². The van der Waals surface area contributed by atoms with Gasteiger partial charge in [0, 0.05) is 35.3 Å². The Morgan fingerprint density at radius 2 is 1.81 bits per heavy atom. The average Bonchev–Trinajstić information content (AvgIpc) is 3.53. The zero-order chi connectivity index (χ0) is 24.9. The summed E-state index contributed by atoms with van der Waals surface area (Å²) in [5, 5.41) is 0. The van der Waals surface area contributed by atoms with Gasteiger partial charge >= 0.3 is 0 Å². The molecule has 3 aliphatic rings. The summed E-state index contributed by atoms with van der Waals surface area (Å²) in [6, 6.07) is 20.5. The first-order valence-electron chi connectivity index (χ1n) is 12.5. The molecule has 0 unspecified atom stereocenters. The van der Waals surface area contributed by atoms with E-state index in [2.05, 4.69) is 57.2 Å². The lowest BCUT2D eigenvalue weighted by atomic mass is 9.83. The second-order valence-corrected chi connectivity index (χ2v) is 11.4. The van der Waals surface area contributed by atoms with Gasteiger partial charge in [0.25, 0.3) is 5.56 Å². The fourth-order valence-corrected chi connectivity index (χ4v) is 6.72. The van der Waals surface area contributed by atoms with Gasteiger partial charge in [0.15, 0.2) is 10.7 Å². The number of hydrogen-bond donors (Lipinski definition) is 0. The average molecular weight is 574 g/mol. The summed E-state index contributed by atoms with van der Waals surface area (Å²) in [7, 11) is 0. The Morgan fingerprint density at radius 1 is 1.00 bits per heavy atom. The van der Waals surface area contributed by atoms with Crippen molar-refractivity contribution in [3.63, 3.8) is 0 Å². The molecular weight excluding hydrogens is 550 g/mol. The largest absolute Gasteiger partial charge is 0.441 e. The zero-order valence-corrected chi connectivity index (χ0v) is 22.4. The normalized spacial score (nSPS) is 19.3. The number of furan rings is 1. The molecule has 0 saturated carbocycles. The van der Waals surface area contributed by atoms with Gasteiger partial charge in [-0.2, -0.15) is 0 Å². The van der Waals surface area contributed by atoms with Crippen molar-refractivity contribution >= 4 is 44.9 Å². The minimum atomic E-state index is -0.185. The molecule has 4 heterocycles. The standard InChI is InChI=1S/C29H24BrN3O3S/c30-20-8-5-19(6-9-20)27-23-11-7-18-3-1-2-4-22(18)26(23)31-29-33(27)28(34)24(37-29)17-21-10-12-25(36-21)32-13-15-35-16-14-32/h1-6,8-10,12,17,27H,7,11,13-16H2/b24-17-/t27-/m0/s1. The van der Waals surface area contributed by atoms with Gasteiger partial charge in [0.1, 0.15) is 5.76 Å². The van der Waals surface area contributed by atoms with Crippen LogP contribution in [0.4, 0.5) is 5.88 Å². The van der Waals surface area contributed by atoms with E-state index in [1.807, 2.05) is 34.9 Å². The highest BCUT2D eigenvalue weighted by atomic mass is 79.9. The third-order valence-corrected chi connectivity index (χ3v) is 8.78. The van der Waals surface area contributed by atoms with Crippen LogP contribution in [0.2, 0.25) is 0 Å². The number of fused-ring (bicyclic) bond motifs is 3. The minimum Gasteiger partial charge on any atom is -0.441 e. The van der Waals surface area contributed by atoms with Gasteiger partial charge in [-0.05, 0) is 47.7 Å². The minimum absolute atomic E-state index is 0.0357. The number of rotatable bonds is 3. The summed E-state index contributed by atoms with van der Waals surface area (Å²) in [6.07, 6.45) is 3.67. The van der Waals surface area contributed by atoms with E-state index in [1.165, 1.54) is 28.0 Å². The lowest BCUT2D eigenvalue weighted by Gasteiger charge is -2.30. The number of hydrogen-bond acceptors (Lipinski definition) is 6. The number of morpholine rings is 1. The van der Waals surface area contributed by atoms with Crippen molar-refractivity contribution < 1.29 is 9.15 Å². The molecule has 0 spiro atoms. The summed E-state index contributed by atoms with van der Waals surface area (Å²) in [6.45, 7) is 2.99. The first-order valence-corrected chi connectivity index (χ1v) is 14.1. The van der Waals surface area contributed by atoms with Gasteiger partial charge in [-0.15, -0.1) is 0 Å². The maximum absolute atomic E-state index is 13.9. The van der Waals surface area contributed by atoms with Gasteiger partial charge in [0.05, 0.1) is 29.5 Å². The van der Waals surface area contributed by atoms with Crippen molar-refractivity contribution in [2.75, 3.05) is 31.2 Å². The van der Waals surface area contributed by atoms with E-state index in [1.54, 1.807) is 0 Å². The van der Waals surface area contributed by atoms with Gasteiger partial charge < -0.3 is 14.1 Å². The van der Waals surface area contributed by atoms with Crippen LogP contribution in [0.1, 0.15) is 34.9 Å². The van der Waals surface area contributed by atoms with E-state index in [4.69, 9.17) is 14.1 Å². The summed E-state index contributed by atoms with van der Waals surface area (Å²) >= 11 is 4.98. The molecule has 7 rings (SSSR count). The molecule has 186 valence electrons. The van der Waals surface area contributed by atoms with Crippen LogP contribution < -0.4 is 19.8 Å². The van der Waals surface area contributed by atoms with E-state index in [0.717, 1.165) is 52.3 Å². The van der Waals surface area contributed by atoms with Crippen LogP contribution in [0.15, 0.2) is 84.9 Å². The Labute approximate surface area is 226 Å². The van der Waals surface area contributed by atoms with E-state index in [-0.39, 0.29) is 11.6 Å². The van der Waals surface area contributed by atoms with E-state index in [0.29, 0.717) is 23.5 Å². The van der Waals surface area contributed by atoms with Crippen LogP contribution in [0.3, 0.4) is 0 Å². The van der Waals surface area contributed by atoms with Gasteiger partial charge in [-0.3, -0.25) is 9.36 Å². The van der Waals surface area contributed by atoms with Crippen molar-refractivity contribution in [1.29, 1.82) is 0 Å². The summed E-state index contributed by atoms with van der Waals surface area (Å²) < 4.78 is 15.1. The molecule has 2 aromatic heterocycles. The Kier molecular flexibility index (Phi) is 5.75.